The Hall–Kier alpha value is -2.78. The van der Waals surface area contributed by atoms with Gasteiger partial charge in [-0.25, -0.2) is 0 Å². The van der Waals surface area contributed by atoms with Crippen LogP contribution < -0.4 is 5.73 Å². The molecule has 0 spiro atoms. The van der Waals surface area contributed by atoms with Gasteiger partial charge < -0.3 is 5.73 Å². The van der Waals surface area contributed by atoms with Crippen molar-refractivity contribution in [1.82, 2.24) is 4.90 Å². The van der Waals surface area contributed by atoms with E-state index in [4.69, 9.17) is 17.3 Å². The molecule has 3 rings (SSSR count). The number of benzene rings is 1. The lowest BCUT2D eigenvalue weighted by atomic mass is 9.58. The zero-order chi connectivity index (χ0) is 19.6. The molecule has 0 fully saturated rings. The van der Waals surface area contributed by atoms with Gasteiger partial charge in [0.2, 0.25) is 0 Å². The van der Waals surface area contributed by atoms with E-state index < -0.39 is 11.3 Å². The first-order valence-electron chi connectivity index (χ1n) is 8.94. The van der Waals surface area contributed by atoms with Gasteiger partial charge in [0, 0.05) is 29.9 Å². The molecule has 0 amide bonds. The zero-order valence-corrected chi connectivity index (χ0v) is 15.9. The average Bonchev–Trinajstić information content (AvgIpc) is 2.68. The number of hydrogen-bond donors (Lipinski definition) is 1. The molecule has 1 aromatic carbocycles. The third kappa shape index (κ3) is 2.88. The van der Waals surface area contributed by atoms with Crippen molar-refractivity contribution < 1.29 is 0 Å². The molecule has 1 aromatic rings. The molecule has 27 heavy (non-hydrogen) atoms. The van der Waals surface area contributed by atoms with Crippen molar-refractivity contribution in [2.45, 2.75) is 19.3 Å². The lowest BCUT2D eigenvalue weighted by Gasteiger charge is -2.45. The molecule has 0 radical (unpaired) electrons. The van der Waals surface area contributed by atoms with Crippen molar-refractivity contribution in [3.05, 3.63) is 57.8 Å². The molecule has 6 heteroatoms. The van der Waals surface area contributed by atoms with Gasteiger partial charge in [-0.3, -0.25) is 4.90 Å². The standard InChI is InChI=1S/C21H20ClN5/c1-2-8-27-9-7-14-16(10-23)20(26)21(12-24,13-25)19(17(14)11-27)15-5-3-4-6-18(15)22/h3-7,17,19H,2,8-9,11,26H2,1H3/t17-,19-/m1/s1. The summed E-state index contributed by atoms with van der Waals surface area (Å²) in [6.45, 7) is 4.39. The Bertz CT molecular complexity index is 927. The monoisotopic (exact) mass is 377 g/mol. The summed E-state index contributed by atoms with van der Waals surface area (Å²) in [6, 6.07) is 13.7. The summed E-state index contributed by atoms with van der Waals surface area (Å²) in [7, 11) is 0. The molecule has 0 bridgehead atoms. The van der Waals surface area contributed by atoms with E-state index in [1.54, 1.807) is 6.07 Å². The first kappa shape index (κ1) is 19.0. The second kappa shape index (κ2) is 7.45. The van der Waals surface area contributed by atoms with E-state index in [0.717, 1.165) is 30.6 Å². The van der Waals surface area contributed by atoms with Gasteiger partial charge in [0.15, 0.2) is 5.41 Å². The summed E-state index contributed by atoms with van der Waals surface area (Å²) >= 11 is 6.47. The highest BCUT2D eigenvalue weighted by Crippen LogP contribution is 2.55. The summed E-state index contributed by atoms with van der Waals surface area (Å²) in [5.74, 6) is -0.740. The molecule has 1 aliphatic carbocycles. The van der Waals surface area contributed by atoms with Crippen LogP contribution in [0.4, 0.5) is 0 Å². The predicted molar refractivity (Wildman–Crippen MR) is 103 cm³/mol. The van der Waals surface area contributed by atoms with Crippen LogP contribution in [0.15, 0.2) is 47.2 Å². The fraction of sp³-hybridized carbons (Fsp3) is 0.381. The quantitative estimate of drug-likeness (QED) is 0.868. The predicted octanol–water partition coefficient (Wildman–Crippen LogP) is 3.48. The SMILES string of the molecule is CCCN1CC=C2C(C#N)=C(N)C(C#N)(C#N)[C@H](c3ccccc3Cl)[C@@H]2C1. The van der Waals surface area contributed by atoms with Crippen LogP contribution in [0.1, 0.15) is 24.8 Å². The van der Waals surface area contributed by atoms with E-state index in [9.17, 15) is 15.8 Å². The topological polar surface area (TPSA) is 101 Å². The molecule has 2 N–H and O–H groups in total. The smallest absolute Gasteiger partial charge is 0.191 e. The van der Waals surface area contributed by atoms with Gasteiger partial charge in [0.25, 0.3) is 0 Å². The summed E-state index contributed by atoms with van der Waals surface area (Å²) in [5.41, 5.74) is 6.50. The molecular formula is C21H20ClN5. The molecule has 2 aliphatic rings. The largest absolute Gasteiger partial charge is 0.399 e. The van der Waals surface area contributed by atoms with Crippen LogP contribution in [0.2, 0.25) is 5.02 Å². The fourth-order valence-electron chi connectivity index (χ4n) is 4.31. The molecule has 5 nitrogen and oxygen atoms in total. The lowest BCUT2D eigenvalue weighted by Crippen LogP contribution is -2.48. The van der Waals surface area contributed by atoms with Crippen molar-refractivity contribution in [3.63, 3.8) is 0 Å². The van der Waals surface area contributed by atoms with Crippen LogP contribution in [-0.4, -0.2) is 24.5 Å². The van der Waals surface area contributed by atoms with Crippen LogP contribution in [0, 0.1) is 45.3 Å². The molecule has 2 atom stereocenters. The lowest BCUT2D eigenvalue weighted by molar-refractivity contribution is 0.207. The molecule has 136 valence electrons. The van der Waals surface area contributed by atoms with Crippen molar-refractivity contribution >= 4 is 11.6 Å². The van der Waals surface area contributed by atoms with Crippen LogP contribution >= 0.6 is 11.6 Å². The molecule has 0 unspecified atom stereocenters. The minimum atomic E-state index is -1.63. The Morgan fingerprint density at radius 1 is 1.26 bits per heavy atom. The van der Waals surface area contributed by atoms with E-state index in [2.05, 4.69) is 30.0 Å². The van der Waals surface area contributed by atoms with Crippen LogP contribution in [0.5, 0.6) is 0 Å². The zero-order valence-electron chi connectivity index (χ0n) is 15.1. The van der Waals surface area contributed by atoms with E-state index in [1.807, 2.05) is 24.3 Å². The maximum atomic E-state index is 10.0. The highest BCUT2D eigenvalue weighted by atomic mass is 35.5. The van der Waals surface area contributed by atoms with E-state index >= 15 is 0 Å². The van der Waals surface area contributed by atoms with Gasteiger partial charge in [-0.05, 0) is 30.2 Å². The van der Waals surface area contributed by atoms with Crippen LogP contribution in [0.25, 0.3) is 0 Å². The summed E-state index contributed by atoms with van der Waals surface area (Å²) in [5, 5.41) is 30.3. The fourth-order valence-corrected chi connectivity index (χ4v) is 4.56. The van der Waals surface area contributed by atoms with Crippen molar-refractivity contribution in [1.29, 1.82) is 15.8 Å². The number of halogens is 1. The van der Waals surface area contributed by atoms with E-state index in [1.165, 1.54) is 0 Å². The number of hydrogen-bond acceptors (Lipinski definition) is 5. The number of fused-ring (bicyclic) bond motifs is 1. The Balaban J connectivity index is 2.30. The van der Waals surface area contributed by atoms with Gasteiger partial charge in [-0.2, -0.15) is 15.8 Å². The summed E-state index contributed by atoms with van der Waals surface area (Å²) in [6.07, 6.45) is 3.01. The summed E-state index contributed by atoms with van der Waals surface area (Å²) < 4.78 is 0. The number of nitriles is 3. The first-order valence-corrected chi connectivity index (χ1v) is 9.31. The molecular weight excluding hydrogens is 358 g/mol. The van der Waals surface area contributed by atoms with Crippen LogP contribution in [-0.2, 0) is 0 Å². The average molecular weight is 378 g/mol. The molecule has 0 saturated heterocycles. The van der Waals surface area contributed by atoms with Crippen molar-refractivity contribution in [3.8, 4) is 18.2 Å². The second-order valence-electron chi connectivity index (χ2n) is 6.96. The van der Waals surface area contributed by atoms with Crippen molar-refractivity contribution in [2.75, 3.05) is 19.6 Å². The number of nitrogens with zero attached hydrogens (tertiary/aromatic N) is 4. The maximum Gasteiger partial charge on any atom is 0.191 e. The van der Waals surface area contributed by atoms with Gasteiger partial charge in [-0.15, -0.1) is 0 Å². The molecule has 1 aliphatic heterocycles. The Morgan fingerprint density at radius 2 is 1.96 bits per heavy atom. The van der Waals surface area contributed by atoms with Gasteiger partial charge in [0.1, 0.15) is 6.07 Å². The van der Waals surface area contributed by atoms with E-state index in [0.29, 0.717) is 11.6 Å². The van der Waals surface area contributed by atoms with Crippen molar-refractivity contribution in [2.24, 2.45) is 17.1 Å². The minimum Gasteiger partial charge on any atom is -0.399 e. The number of rotatable bonds is 3. The molecule has 0 saturated carbocycles. The van der Waals surface area contributed by atoms with Gasteiger partial charge >= 0.3 is 0 Å². The maximum absolute atomic E-state index is 10.0. The number of nitrogens with two attached hydrogens (primary N) is 1. The van der Waals surface area contributed by atoms with Crippen LogP contribution in [0.3, 0.4) is 0 Å². The Morgan fingerprint density at radius 3 is 2.56 bits per heavy atom. The summed E-state index contributed by atoms with van der Waals surface area (Å²) in [4.78, 5) is 2.27. The van der Waals surface area contributed by atoms with E-state index in [-0.39, 0.29) is 17.2 Å². The third-order valence-corrected chi connectivity index (χ3v) is 5.86. The Kier molecular flexibility index (Phi) is 5.24. The third-order valence-electron chi connectivity index (χ3n) is 5.52. The second-order valence-corrected chi connectivity index (χ2v) is 7.36. The number of allylic oxidation sites excluding steroid dienone is 2. The molecule has 1 heterocycles. The Labute approximate surface area is 164 Å². The normalized spacial score (nSPS) is 24.2. The minimum absolute atomic E-state index is 0.0337. The van der Waals surface area contributed by atoms with Gasteiger partial charge in [0.05, 0.1) is 23.4 Å². The highest BCUT2D eigenvalue weighted by Gasteiger charge is 2.54. The molecule has 0 aromatic heterocycles. The first-order chi connectivity index (χ1) is 13.0. The highest BCUT2D eigenvalue weighted by molar-refractivity contribution is 6.31. The van der Waals surface area contributed by atoms with Gasteiger partial charge in [-0.1, -0.05) is 42.8 Å².